The van der Waals surface area contributed by atoms with Gasteiger partial charge in [0.25, 0.3) is 5.82 Å². The Hall–Kier alpha value is -1.57. The monoisotopic (exact) mass is 552 g/mol. The second kappa shape index (κ2) is 25.2. The molecule has 40 heavy (non-hydrogen) atoms. The fourth-order valence-corrected chi connectivity index (χ4v) is 6.17. The molecule has 0 spiro atoms. The van der Waals surface area contributed by atoms with E-state index in [1.807, 2.05) is 0 Å². The van der Waals surface area contributed by atoms with Crippen molar-refractivity contribution < 1.29 is 4.57 Å². The molecule has 228 valence electrons. The van der Waals surface area contributed by atoms with Crippen molar-refractivity contribution in [3.8, 4) is 11.4 Å². The fourth-order valence-electron chi connectivity index (χ4n) is 6.17. The first-order chi connectivity index (χ1) is 19.9. The Morgan fingerprint density at radius 2 is 0.875 bits per heavy atom. The molecule has 0 N–H and O–H groups in total. The second-order valence-electron chi connectivity index (χ2n) is 12.5. The third-order valence-corrected chi connectivity index (χ3v) is 8.76. The molecule has 0 saturated carbocycles. The van der Waals surface area contributed by atoms with E-state index in [1.54, 1.807) is 0 Å². The summed E-state index contributed by atoms with van der Waals surface area (Å²) in [7, 11) is 0. The van der Waals surface area contributed by atoms with Crippen molar-refractivity contribution >= 4 is 0 Å². The van der Waals surface area contributed by atoms with Gasteiger partial charge in [0, 0.05) is 0 Å². The van der Waals surface area contributed by atoms with Crippen molar-refractivity contribution in [3.63, 3.8) is 0 Å². The van der Waals surface area contributed by atoms with Gasteiger partial charge in [-0.3, -0.25) is 0 Å². The lowest BCUT2D eigenvalue weighted by molar-refractivity contribution is -0.686. The van der Waals surface area contributed by atoms with Gasteiger partial charge in [0.15, 0.2) is 0 Å². The number of aryl methyl sites for hydroxylation is 2. The van der Waals surface area contributed by atoms with E-state index in [1.165, 1.54) is 172 Å². The van der Waals surface area contributed by atoms with E-state index in [9.17, 15) is 0 Å². The number of nitrogens with zero attached hydrogens (tertiary/aromatic N) is 2. The number of hydrogen-bond acceptors (Lipinski definition) is 0. The molecule has 0 unspecified atom stereocenters. The summed E-state index contributed by atoms with van der Waals surface area (Å²) in [6.45, 7) is 6.90. The van der Waals surface area contributed by atoms with E-state index in [0.717, 1.165) is 13.1 Å². The Morgan fingerprint density at radius 1 is 0.475 bits per heavy atom. The van der Waals surface area contributed by atoms with Crippen molar-refractivity contribution in [1.29, 1.82) is 0 Å². The van der Waals surface area contributed by atoms with Crippen molar-refractivity contribution in [2.24, 2.45) is 0 Å². The molecule has 0 fully saturated rings. The highest BCUT2D eigenvalue weighted by molar-refractivity contribution is 5.52. The fraction of sp³-hybridized carbons (Fsp3) is 0.763. The number of imidazole rings is 1. The minimum absolute atomic E-state index is 1.15. The number of rotatable bonds is 28. The Bertz CT molecular complexity index is 793. The van der Waals surface area contributed by atoms with Crippen molar-refractivity contribution in [1.82, 2.24) is 4.57 Å². The number of hydrogen-bond donors (Lipinski definition) is 0. The average Bonchev–Trinajstić information content (AvgIpc) is 3.39. The Morgan fingerprint density at radius 3 is 1.32 bits per heavy atom. The predicted molar refractivity (Wildman–Crippen MR) is 177 cm³/mol. The molecule has 2 rings (SSSR count). The Balaban J connectivity index is 1.59. The number of benzene rings is 1. The average molecular weight is 552 g/mol. The van der Waals surface area contributed by atoms with Gasteiger partial charge in [-0.1, -0.05) is 167 Å². The van der Waals surface area contributed by atoms with Crippen LogP contribution in [0.25, 0.3) is 11.4 Å². The lowest BCUT2D eigenvalue weighted by atomic mass is 10.0. The highest BCUT2D eigenvalue weighted by atomic mass is 15.1. The van der Waals surface area contributed by atoms with E-state index in [-0.39, 0.29) is 0 Å². The zero-order chi connectivity index (χ0) is 28.4. The van der Waals surface area contributed by atoms with E-state index in [4.69, 9.17) is 0 Å². The van der Waals surface area contributed by atoms with E-state index < -0.39 is 0 Å². The maximum atomic E-state index is 2.52. The van der Waals surface area contributed by atoms with Gasteiger partial charge in [0.1, 0.15) is 12.4 Å². The zero-order valence-corrected chi connectivity index (χ0v) is 27.0. The van der Waals surface area contributed by atoms with Crippen LogP contribution in [0.1, 0.15) is 174 Å². The van der Waals surface area contributed by atoms with Crippen LogP contribution in [0, 0.1) is 0 Å². The third-order valence-electron chi connectivity index (χ3n) is 8.76. The molecule has 2 aromatic rings. The van der Waals surface area contributed by atoms with Crippen LogP contribution < -0.4 is 4.57 Å². The molecular formula is C38H67N2+. The van der Waals surface area contributed by atoms with Gasteiger partial charge in [-0.15, -0.1) is 0 Å². The predicted octanol–water partition coefficient (Wildman–Crippen LogP) is 12.2. The molecule has 1 heterocycles. The maximum absolute atomic E-state index is 2.52. The first-order valence-electron chi connectivity index (χ1n) is 18.0. The molecule has 0 amide bonds. The van der Waals surface area contributed by atoms with Crippen LogP contribution in [0.3, 0.4) is 0 Å². The summed E-state index contributed by atoms with van der Waals surface area (Å²) in [6, 6.07) is 11.1. The summed E-state index contributed by atoms with van der Waals surface area (Å²) in [6.07, 6.45) is 40.0. The van der Waals surface area contributed by atoms with Gasteiger partial charge >= 0.3 is 0 Å². The molecule has 2 nitrogen and oxygen atoms in total. The molecule has 0 aliphatic rings. The first-order valence-corrected chi connectivity index (χ1v) is 18.0. The molecule has 0 bridgehead atoms. The molecule has 0 atom stereocenters. The summed E-state index contributed by atoms with van der Waals surface area (Å²) in [5, 5.41) is 0. The largest absolute Gasteiger partial charge is 0.288 e. The van der Waals surface area contributed by atoms with E-state index in [0.29, 0.717) is 0 Å². The minimum Gasteiger partial charge on any atom is -0.230 e. The Kier molecular flexibility index (Phi) is 21.8. The highest BCUT2D eigenvalue weighted by Crippen LogP contribution is 2.19. The standard InChI is InChI=1S/C38H67N2/c1-3-5-7-9-11-13-15-16-17-19-21-23-25-30-34-40-36-35-39(38(40)37-31-27-26-28-32-37)33-29-24-22-20-18-14-12-10-8-6-4-2/h26-28,31-32,35-36H,3-25,29-30,33-34H2,1-2H3/q+1. The van der Waals surface area contributed by atoms with Crippen molar-refractivity contribution in [3.05, 3.63) is 42.7 Å². The molecular weight excluding hydrogens is 484 g/mol. The van der Waals surface area contributed by atoms with Gasteiger partial charge in [-0.25, -0.2) is 9.13 Å². The summed E-state index contributed by atoms with van der Waals surface area (Å²) < 4.78 is 5.04. The van der Waals surface area contributed by atoms with Crippen LogP contribution in [0.4, 0.5) is 0 Å². The minimum atomic E-state index is 1.15. The van der Waals surface area contributed by atoms with Crippen LogP contribution >= 0.6 is 0 Å². The molecule has 2 heteroatoms. The van der Waals surface area contributed by atoms with Gasteiger partial charge in [-0.05, 0) is 37.8 Å². The summed E-state index contributed by atoms with van der Waals surface area (Å²) >= 11 is 0. The molecule has 0 aliphatic carbocycles. The van der Waals surface area contributed by atoms with Crippen LogP contribution in [0.15, 0.2) is 42.7 Å². The van der Waals surface area contributed by atoms with Gasteiger partial charge in [-0.2, -0.15) is 0 Å². The normalized spacial score (nSPS) is 11.4. The van der Waals surface area contributed by atoms with Crippen molar-refractivity contribution in [2.45, 2.75) is 187 Å². The molecule has 1 aromatic heterocycles. The SMILES string of the molecule is CCCCCCCCCCCCCCCCn1cc[n+](CCCCCCCCCCCCC)c1-c1ccccc1. The number of unbranched alkanes of at least 4 members (excludes halogenated alkanes) is 23. The van der Waals surface area contributed by atoms with Crippen LogP contribution in [-0.2, 0) is 13.1 Å². The summed E-state index contributed by atoms with van der Waals surface area (Å²) in [5.74, 6) is 1.40. The quantitative estimate of drug-likeness (QED) is 0.0734. The number of aromatic nitrogens is 2. The highest BCUT2D eigenvalue weighted by Gasteiger charge is 2.18. The lowest BCUT2D eigenvalue weighted by Crippen LogP contribution is -2.34. The summed E-state index contributed by atoms with van der Waals surface area (Å²) in [4.78, 5) is 0. The van der Waals surface area contributed by atoms with Crippen LogP contribution in [0.5, 0.6) is 0 Å². The smallest absolute Gasteiger partial charge is 0.230 e. The van der Waals surface area contributed by atoms with Crippen LogP contribution in [0.2, 0.25) is 0 Å². The van der Waals surface area contributed by atoms with Gasteiger partial charge in [0.2, 0.25) is 0 Å². The van der Waals surface area contributed by atoms with Gasteiger partial charge in [0.05, 0.1) is 18.7 Å². The topological polar surface area (TPSA) is 8.81 Å². The molecule has 0 saturated heterocycles. The Labute approximate surface area is 250 Å². The molecule has 0 radical (unpaired) electrons. The lowest BCUT2D eigenvalue weighted by Gasteiger charge is -2.07. The van der Waals surface area contributed by atoms with Gasteiger partial charge < -0.3 is 0 Å². The van der Waals surface area contributed by atoms with E-state index in [2.05, 4.69) is 65.7 Å². The molecule has 1 aromatic carbocycles. The van der Waals surface area contributed by atoms with Crippen molar-refractivity contribution in [2.75, 3.05) is 0 Å². The second-order valence-corrected chi connectivity index (χ2v) is 12.5. The summed E-state index contributed by atoms with van der Waals surface area (Å²) in [5.41, 5.74) is 1.36. The third kappa shape index (κ3) is 16.6. The van der Waals surface area contributed by atoms with Crippen LogP contribution in [-0.4, -0.2) is 4.57 Å². The van der Waals surface area contributed by atoms with E-state index >= 15 is 0 Å². The molecule has 0 aliphatic heterocycles. The first kappa shape index (κ1) is 34.6. The zero-order valence-electron chi connectivity index (χ0n) is 27.0. The maximum Gasteiger partial charge on any atom is 0.288 e.